The van der Waals surface area contributed by atoms with Gasteiger partial charge in [0, 0.05) is 25.3 Å². The number of rotatable bonds is 8. The van der Waals surface area contributed by atoms with Crippen molar-refractivity contribution in [3.05, 3.63) is 95.3 Å². The van der Waals surface area contributed by atoms with Gasteiger partial charge in [-0.05, 0) is 49.2 Å². The molecule has 0 aromatic heterocycles. The molecule has 11 heteroatoms. The van der Waals surface area contributed by atoms with Crippen molar-refractivity contribution in [2.45, 2.75) is 36.6 Å². The second-order valence-electron chi connectivity index (χ2n) is 8.47. The lowest BCUT2D eigenvalue weighted by atomic mass is 10.1. The number of benzene rings is 3. The second-order valence-corrected chi connectivity index (χ2v) is 10.0. The van der Waals surface area contributed by atoms with Crippen LogP contribution in [0.2, 0.25) is 0 Å². The van der Waals surface area contributed by atoms with Gasteiger partial charge in [0.05, 0.1) is 17.2 Å². The molecule has 1 amide bonds. The van der Waals surface area contributed by atoms with Gasteiger partial charge in [-0.25, -0.2) is 4.39 Å². The number of hydrogen-bond acceptors (Lipinski definition) is 5. The van der Waals surface area contributed by atoms with Gasteiger partial charge in [-0.3, -0.25) is 4.79 Å². The molecule has 0 N–H and O–H groups in total. The topological polar surface area (TPSA) is 72.9 Å². The summed E-state index contributed by atoms with van der Waals surface area (Å²) < 4.78 is 90.3. The summed E-state index contributed by atoms with van der Waals surface area (Å²) in [7, 11) is -4.64. The van der Waals surface area contributed by atoms with Crippen LogP contribution in [0, 0.1) is 5.82 Å². The first kappa shape index (κ1) is 26.6. The van der Waals surface area contributed by atoms with Gasteiger partial charge in [0.15, 0.2) is 0 Å². The third kappa shape index (κ3) is 6.47. The van der Waals surface area contributed by atoms with E-state index in [0.717, 1.165) is 30.7 Å². The average molecular weight is 538 g/mol. The van der Waals surface area contributed by atoms with Gasteiger partial charge in [-0.1, -0.05) is 36.4 Å². The molecule has 0 bridgehead atoms. The molecule has 6 nitrogen and oxygen atoms in total. The van der Waals surface area contributed by atoms with E-state index in [9.17, 15) is 30.8 Å². The average Bonchev–Trinajstić information content (AvgIpc) is 3.37. The number of hydrogen-bond donors (Lipinski definition) is 0. The molecule has 3 aromatic rings. The molecule has 1 atom stereocenters. The summed E-state index contributed by atoms with van der Waals surface area (Å²) in [5.74, 6) is -1.50. The molecule has 4 rings (SSSR count). The predicted molar refractivity (Wildman–Crippen MR) is 126 cm³/mol. The highest BCUT2D eigenvalue weighted by molar-refractivity contribution is 7.87. The third-order valence-electron chi connectivity index (χ3n) is 5.82. The summed E-state index contributed by atoms with van der Waals surface area (Å²) in [6.45, 7) is 0.504. The molecule has 1 aliphatic rings. The van der Waals surface area contributed by atoms with E-state index < -0.39 is 38.5 Å². The lowest BCUT2D eigenvalue weighted by Gasteiger charge is -2.26. The van der Waals surface area contributed by atoms with Gasteiger partial charge < -0.3 is 13.8 Å². The zero-order valence-electron chi connectivity index (χ0n) is 19.4. The molecule has 0 aliphatic carbocycles. The van der Waals surface area contributed by atoms with E-state index in [4.69, 9.17) is 8.92 Å². The van der Waals surface area contributed by atoms with E-state index in [1.54, 1.807) is 6.07 Å². The van der Waals surface area contributed by atoms with Crippen LogP contribution >= 0.6 is 0 Å². The molecule has 0 radical (unpaired) electrons. The second kappa shape index (κ2) is 10.9. The number of carbonyl (C=O) groups excluding carboxylic acids is 1. The van der Waals surface area contributed by atoms with Gasteiger partial charge in [0.2, 0.25) is 0 Å². The molecule has 196 valence electrons. The van der Waals surface area contributed by atoms with E-state index in [1.807, 2.05) is 0 Å². The summed E-state index contributed by atoms with van der Waals surface area (Å²) in [5, 5.41) is 0. The molecule has 0 unspecified atom stereocenters. The van der Waals surface area contributed by atoms with Crippen molar-refractivity contribution in [2.24, 2.45) is 0 Å². The Morgan fingerprint density at radius 1 is 1.03 bits per heavy atom. The normalized spacial score (nSPS) is 15.9. The zero-order valence-corrected chi connectivity index (χ0v) is 20.3. The molecule has 1 fully saturated rings. The molecule has 3 aromatic carbocycles. The van der Waals surface area contributed by atoms with E-state index in [2.05, 4.69) is 0 Å². The Labute approximate surface area is 211 Å². The first-order valence-corrected chi connectivity index (χ1v) is 12.8. The van der Waals surface area contributed by atoms with E-state index in [-0.39, 0.29) is 36.1 Å². The van der Waals surface area contributed by atoms with Crippen LogP contribution in [0.3, 0.4) is 0 Å². The van der Waals surface area contributed by atoms with E-state index >= 15 is 0 Å². The monoisotopic (exact) mass is 537 g/mol. The Bertz CT molecular complexity index is 1370. The third-order valence-corrected chi connectivity index (χ3v) is 7.05. The maximum Gasteiger partial charge on any atom is 0.416 e. The van der Waals surface area contributed by atoms with Gasteiger partial charge in [0.1, 0.15) is 16.5 Å². The van der Waals surface area contributed by atoms with Gasteiger partial charge >= 0.3 is 16.3 Å². The summed E-state index contributed by atoms with van der Waals surface area (Å²) in [5.41, 5.74) is -1.03. The van der Waals surface area contributed by atoms with E-state index in [1.165, 1.54) is 41.3 Å². The molecular weight excluding hydrogens is 514 g/mol. The van der Waals surface area contributed by atoms with Gasteiger partial charge in [-0.15, -0.1) is 0 Å². The lowest BCUT2D eigenvalue weighted by molar-refractivity contribution is -0.137. The van der Waals surface area contributed by atoms with Crippen molar-refractivity contribution in [1.29, 1.82) is 0 Å². The predicted octanol–water partition coefficient (Wildman–Crippen LogP) is 5.43. The lowest BCUT2D eigenvalue weighted by Crippen LogP contribution is -2.37. The van der Waals surface area contributed by atoms with Crippen LogP contribution in [-0.4, -0.2) is 38.5 Å². The maximum absolute atomic E-state index is 14.4. The van der Waals surface area contributed by atoms with Crippen molar-refractivity contribution in [3.63, 3.8) is 0 Å². The number of para-hydroxylation sites is 1. The number of alkyl halides is 3. The summed E-state index contributed by atoms with van der Waals surface area (Å²) in [6, 6.07) is 14.6. The number of halogens is 4. The number of nitrogens with zero attached hydrogens (tertiary/aromatic N) is 1. The fourth-order valence-electron chi connectivity index (χ4n) is 3.97. The minimum atomic E-state index is -4.74. The molecule has 1 saturated heterocycles. The Hall–Kier alpha value is -3.44. The van der Waals surface area contributed by atoms with Crippen molar-refractivity contribution in [3.8, 4) is 5.75 Å². The minimum absolute atomic E-state index is 0.127. The highest BCUT2D eigenvalue weighted by Crippen LogP contribution is 2.32. The van der Waals surface area contributed by atoms with Crippen molar-refractivity contribution >= 4 is 16.0 Å². The van der Waals surface area contributed by atoms with Gasteiger partial charge in [-0.2, -0.15) is 21.6 Å². The molecule has 37 heavy (non-hydrogen) atoms. The standard InChI is InChI=1S/C26H23F4NO5S/c27-23-12-3-2-11-22(23)25(32)31(17-20-9-6-14-35-20)16-18-7-1-4-13-24(18)36-37(33,34)21-10-5-8-19(15-21)26(28,29)30/h1-5,7-8,10-13,15,20H,6,9,14,16-17H2/t20-/m0/s1. The quantitative estimate of drug-likeness (QED) is 0.283. The van der Waals surface area contributed by atoms with Crippen molar-refractivity contribution in [1.82, 2.24) is 4.90 Å². The highest BCUT2D eigenvalue weighted by atomic mass is 32.2. The number of amides is 1. The molecule has 0 saturated carbocycles. The summed E-state index contributed by atoms with van der Waals surface area (Å²) in [6.07, 6.45) is -3.51. The Kier molecular flexibility index (Phi) is 7.84. The zero-order chi connectivity index (χ0) is 26.6. The van der Waals surface area contributed by atoms with Crippen molar-refractivity contribution in [2.75, 3.05) is 13.2 Å². The molecule has 1 heterocycles. The Balaban J connectivity index is 1.63. The smallest absolute Gasteiger partial charge is 0.379 e. The first-order chi connectivity index (χ1) is 17.5. The number of ether oxygens (including phenoxy) is 1. The van der Waals surface area contributed by atoms with Crippen LogP contribution < -0.4 is 4.18 Å². The number of carbonyl (C=O) groups is 1. The summed E-state index contributed by atoms with van der Waals surface area (Å²) in [4.78, 5) is 13.9. The van der Waals surface area contributed by atoms with Crippen LogP contribution in [0.15, 0.2) is 77.7 Å². The fourth-order valence-corrected chi connectivity index (χ4v) is 4.99. The fraction of sp³-hybridized carbons (Fsp3) is 0.269. The highest BCUT2D eigenvalue weighted by Gasteiger charge is 2.32. The van der Waals surface area contributed by atoms with Gasteiger partial charge in [0.25, 0.3) is 5.91 Å². The first-order valence-electron chi connectivity index (χ1n) is 11.4. The van der Waals surface area contributed by atoms with E-state index in [0.29, 0.717) is 19.1 Å². The van der Waals surface area contributed by atoms with Crippen LogP contribution in [0.1, 0.15) is 34.3 Å². The van der Waals surface area contributed by atoms with Crippen LogP contribution in [0.25, 0.3) is 0 Å². The molecule has 1 aliphatic heterocycles. The Morgan fingerprint density at radius 2 is 1.76 bits per heavy atom. The summed E-state index contributed by atoms with van der Waals surface area (Å²) >= 11 is 0. The van der Waals surface area contributed by atoms with Crippen LogP contribution in [0.4, 0.5) is 17.6 Å². The van der Waals surface area contributed by atoms with Crippen LogP contribution in [-0.2, 0) is 27.6 Å². The SMILES string of the molecule is O=C(c1ccccc1F)N(Cc1ccccc1OS(=O)(=O)c1cccc(C(F)(F)F)c1)C[C@@H]1CCCO1. The Morgan fingerprint density at radius 3 is 2.46 bits per heavy atom. The largest absolute Gasteiger partial charge is 0.416 e. The van der Waals surface area contributed by atoms with Crippen LogP contribution in [0.5, 0.6) is 5.75 Å². The van der Waals surface area contributed by atoms with Crippen molar-refractivity contribution < 1.29 is 39.7 Å². The molecular formula is C26H23F4NO5S. The maximum atomic E-state index is 14.4. The molecule has 0 spiro atoms. The minimum Gasteiger partial charge on any atom is -0.379 e.